The van der Waals surface area contributed by atoms with Gasteiger partial charge in [0.05, 0.1) is 4.75 Å². The molecule has 1 fully saturated rings. The lowest BCUT2D eigenvalue weighted by Crippen LogP contribution is -2.42. The number of rotatable bonds is 6. The first-order valence-corrected chi connectivity index (χ1v) is 11.0. The van der Waals surface area contributed by atoms with Crippen molar-refractivity contribution >= 4 is 16.0 Å². The van der Waals surface area contributed by atoms with Gasteiger partial charge in [-0.3, -0.25) is 0 Å². The van der Waals surface area contributed by atoms with Crippen molar-refractivity contribution in [2.75, 3.05) is 11.9 Å². The molecule has 1 saturated carbocycles. The minimum atomic E-state index is -3.31. The fraction of sp³-hybridized carbons (Fsp3) is 0.579. The normalized spacial score (nSPS) is 20.9. The summed E-state index contributed by atoms with van der Waals surface area (Å²) in [4.78, 5) is 4.32. The van der Waals surface area contributed by atoms with Gasteiger partial charge in [0.2, 0.25) is 15.8 Å². The molecule has 1 aliphatic rings. The molecule has 1 aromatic carbocycles. The topological polar surface area (TPSA) is 97.1 Å². The number of hydrogen-bond donors (Lipinski definition) is 2. The Bertz CT molecular complexity index is 883. The summed E-state index contributed by atoms with van der Waals surface area (Å²) >= 11 is 0. The maximum absolute atomic E-state index is 13.0. The molecule has 0 spiro atoms. The minimum absolute atomic E-state index is 0.206. The molecular formula is C19H27FN4O3S. The average molecular weight is 411 g/mol. The molecule has 7 nitrogen and oxygen atoms in total. The summed E-state index contributed by atoms with van der Waals surface area (Å²) in [6.07, 6.45) is 3.64. The number of anilines is 1. The number of nitrogens with zero attached hydrogens (tertiary/aromatic N) is 2. The van der Waals surface area contributed by atoms with E-state index in [1.807, 2.05) is 0 Å². The Balaban J connectivity index is 1.48. The van der Waals surface area contributed by atoms with E-state index in [0.29, 0.717) is 29.9 Å². The monoisotopic (exact) mass is 410 g/mol. The van der Waals surface area contributed by atoms with E-state index >= 15 is 0 Å². The number of aromatic nitrogens is 2. The van der Waals surface area contributed by atoms with Crippen LogP contribution in [0.3, 0.4) is 0 Å². The van der Waals surface area contributed by atoms with Crippen molar-refractivity contribution in [3.05, 3.63) is 30.1 Å². The second-order valence-electron chi connectivity index (χ2n) is 8.26. The summed E-state index contributed by atoms with van der Waals surface area (Å²) in [6.45, 7) is 5.56. The molecule has 2 aromatic rings. The van der Waals surface area contributed by atoms with Crippen LogP contribution in [0.15, 0.2) is 28.8 Å². The lowest BCUT2D eigenvalue weighted by molar-refractivity contribution is 0.329. The highest BCUT2D eigenvalue weighted by Crippen LogP contribution is 2.27. The van der Waals surface area contributed by atoms with Crippen molar-refractivity contribution in [3.63, 3.8) is 0 Å². The van der Waals surface area contributed by atoms with Gasteiger partial charge in [0.1, 0.15) is 5.82 Å². The molecule has 1 heterocycles. The molecule has 28 heavy (non-hydrogen) atoms. The summed E-state index contributed by atoms with van der Waals surface area (Å²) in [7, 11) is -3.31. The minimum Gasteiger partial charge on any atom is -0.335 e. The molecule has 0 atom stereocenters. The predicted octanol–water partition coefficient (Wildman–Crippen LogP) is 3.56. The van der Waals surface area contributed by atoms with Gasteiger partial charge in [0.15, 0.2) is 0 Å². The summed E-state index contributed by atoms with van der Waals surface area (Å²) in [6, 6.07) is 6.47. The van der Waals surface area contributed by atoms with Gasteiger partial charge in [-0.05, 0) is 76.6 Å². The van der Waals surface area contributed by atoms with Crippen molar-refractivity contribution in [1.29, 1.82) is 0 Å². The van der Waals surface area contributed by atoms with Crippen molar-refractivity contribution in [2.45, 2.75) is 57.2 Å². The van der Waals surface area contributed by atoms with Gasteiger partial charge in [0, 0.05) is 18.2 Å². The summed E-state index contributed by atoms with van der Waals surface area (Å²) in [5.74, 6) is 0.424. The molecule has 1 aromatic heterocycles. The third-order valence-electron chi connectivity index (χ3n) is 5.07. The lowest BCUT2D eigenvalue weighted by Gasteiger charge is -2.29. The van der Waals surface area contributed by atoms with Crippen LogP contribution in [0.2, 0.25) is 0 Å². The standard InChI is InChI=1S/C19H27FN4O3S/c1-19(2,3)28(25,26)21-12-13-4-10-16(11-5-13)22-18-23-17(24-27-18)14-6-8-15(20)9-7-14/h6-9,13,16,21H,4-5,10-12H2,1-3H3,(H,22,23,24). The van der Waals surface area contributed by atoms with E-state index < -0.39 is 14.8 Å². The van der Waals surface area contributed by atoms with Crippen LogP contribution < -0.4 is 10.0 Å². The van der Waals surface area contributed by atoms with Crippen LogP contribution in [0.25, 0.3) is 11.4 Å². The van der Waals surface area contributed by atoms with Crippen LogP contribution in [-0.4, -0.2) is 35.9 Å². The number of halogens is 1. The zero-order valence-electron chi connectivity index (χ0n) is 16.4. The Morgan fingerprint density at radius 2 is 1.79 bits per heavy atom. The summed E-state index contributed by atoms with van der Waals surface area (Å²) in [5, 5.41) is 7.17. The van der Waals surface area contributed by atoms with E-state index in [4.69, 9.17) is 4.52 Å². The van der Waals surface area contributed by atoms with E-state index in [9.17, 15) is 12.8 Å². The van der Waals surface area contributed by atoms with Crippen LogP contribution >= 0.6 is 0 Å². The molecule has 9 heteroatoms. The first-order chi connectivity index (χ1) is 13.1. The smallest absolute Gasteiger partial charge is 0.322 e. The molecule has 0 amide bonds. The highest BCUT2D eigenvalue weighted by molar-refractivity contribution is 7.90. The van der Waals surface area contributed by atoms with Crippen LogP contribution in [0.1, 0.15) is 46.5 Å². The van der Waals surface area contributed by atoms with Gasteiger partial charge < -0.3 is 9.84 Å². The summed E-state index contributed by atoms with van der Waals surface area (Å²) in [5.41, 5.74) is 0.688. The van der Waals surface area contributed by atoms with Crippen molar-refractivity contribution in [3.8, 4) is 11.4 Å². The van der Waals surface area contributed by atoms with Crippen LogP contribution in [-0.2, 0) is 10.0 Å². The molecule has 0 aliphatic heterocycles. The first-order valence-electron chi connectivity index (χ1n) is 9.49. The molecule has 0 saturated heterocycles. The molecule has 0 radical (unpaired) electrons. The quantitative estimate of drug-likeness (QED) is 0.756. The van der Waals surface area contributed by atoms with E-state index in [1.54, 1.807) is 32.9 Å². The Morgan fingerprint density at radius 3 is 2.39 bits per heavy atom. The van der Waals surface area contributed by atoms with Crippen molar-refractivity contribution in [2.24, 2.45) is 5.92 Å². The zero-order valence-corrected chi connectivity index (χ0v) is 17.2. The van der Waals surface area contributed by atoms with E-state index in [-0.39, 0.29) is 11.9 Å². The van der Waals surface area contributed by atoms with Gasteiger partial charge in [-0.1, -0.05) is 5.16 Å². The Labute approximate surface area is 165 Å². The molecule has 0 bridgehead atoms. The van der Waals surface area contributed by atoms with Gasteiger partial charge in [-0.2, -0.15) is 4.98 Å². The molecule has 0 unspecified atom stereocenters. The van der Waals surface area contributed by atoms with Crippen molar-refractivity contribution in [1.82, 2.24) is 14.9 Å². The third kappa shape index (κ3) is 5.08. The second-order valence-corrected chi connectivity index (χ2v) is 10.8. The average Bonchev–Trinajstić information content (AvgIpc) is 3.09. The number of nitrogens with one attached hydrogen (secondary N) is 2. The summed E-state index contributed by atoms with van der Waals surface area (Å²) < 4.78 is 44.5. The third-order valence-corrected chi connectivity index (χ3v) is 7.23. The molecular weight excluding hydrogens is 383 g/mol. The molecule has 154 valence electrons. The van der Waals surface area contributed by atoms with E-state index in [0.717, 1.165) is 25.7 Å². The van der Waals surface area contributed by atoms with E-state index in [1.165, 1.54) is 12.1 Å². The van der Waals surface area contributed by atoms with E-state index in [2.05, 4.69) is 20.2 Å². The maximum Gasteiger partial charge on any atom is 0.322 e. The highest BCUT2D eigenvalue weighted by Gasteiger charge is 2.30. The zero-order chi connectivity index (χ0) is 20.4. The van der Waals surface area contributed by atoms with Crippen LogP contribution in [0.5, 0.6) is 0 Å². The molecule has 1 aliphatic carbocycles. The molecule has 2 N–H and O–H groups in total. The van der Waals surface area contributed by atoms with Crippen LogP contribution in [0, 0.1) is 11.7 Å². The molecule has 3 rings (SSSR count). The van der Waals surface area contributed by atoms with Gasteiger partial charge in [-0.25, -0.2) is 17.5 Å². The SMILES string of the molecule is CC(C)(C)S(=O)(=O)NCC1CCC(Nc2nc(-c3ccc(F)cc3)no2)CC1. The van der Waals surface area contributed by atoms with Gasteiger partial charge in [-0.15, -0.1) is 0 Å². The highest BCUT2D eigenvalue weighted by atomic mass is 32.2. The number of sulfonamides is 1. The number of benzene rings is 1. The Morgan fingerprint density at radius 1 is 1.14 bits per heavy atom. The first kappa shape index (κ1) is 20.7. The fourth-order valence-electron chi connectivity index (χ4n) is 3.13. The predicted molar refractivity (Wildman–Crippen MR) is 106 cm³/mol. The fourth-order valence-corrected chi connectivity index (χ4v) is 4.02. The van der Waals surface area contributed by atoms with Gasteiger partial charge in [0.25, 0.3) is 0 Å². The van der Waals surface area contributed by atoms with Crippen LogP contribution in [0.4, 0.5) is 10.4 Å². The maximum atomic E-state index is 13.0. The Kier molecular flexibility index (Phi) is 6.04. The Hall–Kier alpha value is -2.00. The second kappa shape index (κ2) is 8.16. The largest absolute Gasteiger partial charge is 0.335 e. The lowest BCUT2D eigenvalue weighted by atomic mass is 9.86. The number of hydrogen-bond acceptors (Lipinski definition) is 6. The van der Waals surface area contributed by atoms with Gasteiger partial charge >= 0.3 is 6.01 Å². The van der Waals surface area contributed by atoms with Crippen molar-refractivity contribution < 1.29 is 17.3 Å².